The molecule has 2 heterocycles. The number of hydrogen-bond donors (Lipinski definition) is 0. The smallest absolute Gasteiger partial charge is 0.0541 e. The minimum Gasteiger partial charge on any atom is -0.309 e. The lowest BCUT2D eigenvalue weighted by Gasteiger charge is -2.11. The zero-order valence-corrected chi connectivity index (χ0v) is 30.1. The number of aromatic nitrogens is 2. The normalized spacial score (nSPS) is 10.6. The first-order chi connectivity index (χ1) is 24.8. The van der Waals surface area contributed by atoms with Crippen LogP contribution < -0.4 is 0 Å². The minimum atomic E-state index is 1.16. The van der Waals surface area contributed by atoms with Crippen LogP contribution >= 0.6 is 0 Å². The first-order valence-corrected chi connectivity index (χ1v) is 18.1. The first kappa shape index (κ1) is 34.0. The molecule has 2 nitrogen and oxygen atoms in total. The van der Waals surface area contributed by atoms with Crippen LogP contribution in [-0.4, -0.2) is 9.13 Å². The van der Waals surface area contributed by atoms with E-state index < -0.39 is 0 Å². The Bertz CT molecular complexity index is 2430. The van der Waals surface area contributed by atoms with Gasteiger partial charge >= 0.3 is 0 Å². The fraction of sp³-hybridized carbons (Fsp3) is 0.125. The Hall–Kier alpha value is -5.86. The lowest BCUT2D eigenvalue weighted by molar-refractivity contribution is 1.18. The zero-order valence-electron chi connectivity index (χ0n) is 30.1. The van der Waals surface area contributed by atoms with Crippen LogP contribution in [0.1, 0.15) is 41.5 Å². The summed E-state index contributed by atoms with van der Waals surface area (Å²) in [5.41, 5.74) is 12.1. The van der Waals surface area contributed by atoms with E-state index in [-0.39, 0.29) is 0 Å². The second kappa shape index (κ2) is 15.6. The molecule has 0 atom stereocenters. The van der Waals surface area contributed by atoms with E-state index in [0.717, 1.165) is 5.69 Å². The quantitative estimate of drug-likeness (QED) is 0.179. The van der Waals surface area contributed by atoms with E-state index in [9.17, 15) is 0 Å². The lowest BCUT2D eigenvalue weighted by atomic mass is 10.00. The molecule has 0 amide bonds. The van der Waals surface area contributed by atoms with Crippen molar-refractivity contribution in [2.75, 3.05) is 0 Å². The number of hydrogen-bond acceptors (Lipinski definition) is 0. The fourth-order valence-electron chi connectivity index (χ4n) is 6.89. The van der Waals surface area contributed by atoms with Crippen molar-refractivity contribution in [2.45, 2.75) is 41.5 Å². The summed E-state index contributed by atoms with van der Waals surface area (Å²) in [5, 5.41) is 5.06. The van der Waals surface area contributed by atoms with Crippen LogP contribution in [0.4, 0.5) is 0 Å². The molecule has 0 aliphatic heterocycles. The molecule has 0 bridgehead atoms. The highest BCUT2D eigenvalue weighted by Gasteiger charge is 2.16. The molecule has 0 fully saturated rings. The summed E-state index contributed by atoms with van der Waals surface area (Å²) < 4.78 is 4.78. The third-order valence-electron chi connectivity index (χ3n) is 8.90. The van der Waals surface area contributed by atoms with Gasteiger partial charge in [0.05, 0.1) is 22.1 Å². The van der Waals surface area contributed by atoms with E-state index >= 15 is 0 Å². The van der Waals surface area contributed by atoms with Gasteiger partial charge in [-0.3, -0.25) is 0 Å². The lowest BCUT2D eigenvalue weighted by Crippen LogP contribution is -1.94. The van der Waals surface area contributed by atoms with Crippen LogP contribution in [0.25, 0.3) is 77.2 Å². The number of rotatable bonds is 4. The second-order valence-electron chi connectivity index (χ2n) is 11.4. The van der Waals surface area contributed by atoms with Crippen LogP contribution in [0.2, 0.25) is 0 Å². The monoisotopic (exact) mass is 650 g/mol. The van der Waals surface area contributed by atoms with Crippen molar-refractivity contribution in [1.29, 1.82) is 0 Å². The third-order valence-corrected chi connectivity index (χ3v) is 8.90. The van der Waals surface area contributed by atoms with Crippen molar-refractivity contribution in [1.82, 2.24) is 9.13 Å². The van der Waals surface area contributed by atoms with Gasteiger partial charge in [0, 0.05) is 32.9 Å². The van der Waals surface area contributed by atoms with Gasteiger partial charge in [0.25, 0.3) is 0 Å². The van der Waals surface area contributed by atoms with E-state index in [1.807, 2.05) is 41.5 Å². The van der Waals surface area contributed by atoms with Crippen LogP contribution in [0, 0.1) is 0 Å². The first-order valence-electron chi connectivity index (χ1n) is 18.1. The summed E-state index contributed by atoms with van der Waals surface area (Å²) in [6.45, 7) is 12.0. The molecule has 50 heavy (non-hydrogen) atoms. The van der Waals surface area contributed by atoms with E-state index in [0.29, 0.717) is 0 Å². The highest BCUT2D eigenvalue weighted by atomic mass is 15.0. The average molecular weight is 651 g/mol. The second-order valence-corrected chi connectivity index (χ2v) is 11.4. The van der Waals surface area contributed by atoms with Gasteiger partial charge < -0.3 is 9.13 Å². The molecule has 7 aromatic carbocycles. The molecule has 2 heteroatoms. The fourth-order valence-corrected chi connectivity index (χ4v) is 6.89. The molecule has 0 spiro atoms. The summed E-state index contributed by atoms with van der Waals surface area (Å²) in [6.07, 6.45) is 0. The van der Waals surface area contributed by atoms with E-state index in [1.54, 1.807) is 0 Å². The Balaban J connectivity index is 0.000000686. The number of nitrogens with zero attached hydrogens (tertiary/aromatic N) is 2. The summed E-state index contributed by atoms with van der Waals surface area (Å²) in [7, 11) is 0. The predicted octanol–water partition coefficient (Wildman–Crippen LogP) is 14.3. The van der Waals surface area contributed by atoms with Gasteiger partial charge in [0.2, 0.25) is 0 Å². The summed E-state index contributed by atoms with van der Waals surface area (Å²) >= 11 is 0. The molecule has 0 aliphatic rings. The van der Waals surface area contributed by atoms with Gasteiger partial charge in [0.1, 0.15) is 0 Å². The molecule has 0 N–H and O–H groups in total. The molecular formula is C48H46N2. The van der Waals surface area contributed by atoms with E-state index in [4.69, 9.17) is 0 Å². The maximum absolute atomic E-state index is 2.39. The minimum absolute atomic E-state index is 1.16. The highest BCUT2D eigenvalue weighted by Crippen LogP contribution is 2.38. The largest absolute Gasteiger partial charge is 0.309 e. The Labute approximate surface area is 296 Å². The molecule has 248 valence electrons. The van der Waals surface area contributed by atoms with Crippen LogP contribution in [0.15, 0.2) is 170 Å². The van der Waals surface area contributed by atoms with Crippen molar-refractivity contribution in [3.05, 3.63) is 170 Å². The Morgan fingerprint density at radius 3 is 1.20 bits per heavy atom. The summed E-state index contributed by atoms with van der Waals surface area (Å²) in [6, 6.07) is 61.4. The van der Waals surface area contributed by atoms with Crippen LogP contribution in [0.3, 0.4) is 0 Å². The maximum Gasteiger partial charge on any atom is 0.0541 e. The molecule has 0 saturated heterocycles. The van der Waals surface area contributed by atoms with Crippen molar-refractivity contribution >= 4 is 43.6 Å². The zero-order chi connectivity index (χ0) is 35.0. The summed E-state index contributed by atoms with van der Waals surface area (Å²) in [4.78, 5) is 0. The van der Waals surface area contributed by atoms with Crippen molar-refractivity contribution in [3.63, 3.8) is 0 Å². The standard InChI is InChI=1S/C42H28N2.3C2H6/c1-3-12-29(13-4-1)31-22-24-41-37(27-31)38-28-32(23-25-42(38)43(41)33-15-5-2-6-16-33)30-14-11-17-34(26-30)44-39-20-9-7-18-35(39)36-19-8-10-21-40(36)44;3*1-2/h1-28H;3*1-2H3. The molecule has 9 aromatic rings. The molecule has 0 radical (unpaired) electrons. The topological polar surface area (TPSA) is 9.86 Å². The average Bonchev–Trinajstić information content (AvgIpc) is 3.73. The van der Waals surface area contributed by atoms with Crippen LogP contribution in [0.5, 0.6) is 0 Å². The maximum atomic E-state index is 2.39. The van der Waals surface area contributed by atoms with Crippen LogP contribution in [-0.2, 0) is 0 Å². The highest BCUT2D eigenvalue weighted by molar-refractivity contribution is 6.12. The van der Waals surface area contributed by atoms with E-state index in [1.165, 1.54) is 71.6 Å². The van der Waals surface area contributed by atoms with Gasteiger partial charge in [-0.2, -0.15) is 0 Å². The Morgan fingerprint density at radius 1 is 0.260 bits per heavy atom. The number of para-hydroxylation sites is 3. The SMILES string of the molecule is CC.CC.CC.c1ccc(-c2ccc3c(c2)c2cc(-c4cccc(-n5c6ccccc6c6ccccc65)c4)ccc2n3-c2ccccc2)cc1. The Kier molecular flexibility index (Phi) is 10.6. The van der Waals surface area contributed by atoms with Crippen molar-refractivity contribution < 1.29 is 0 Å². The molecule has 2 aromatic heterocycles. The van der Waals surface area contributed by atoms with Gasteiger partial charge in [-0.1, -0.05) is 151 Å². The third kappa shape index (κ3) is 6.10. The van der Waals surface area contributed by atoms with Gasteiger partial charge in [0.15, 0.2) is 0 Å². The van der Waals surface area contributed by atoms with Gasteiger partial charge in [-0.15, -0.1) is 0 Å². The summed E-state index contributed by atoms with van der Waals surface area (Å²) in [5.74, 6) is 0. The van der Waals surface area contributed by atoms with E-state index in [2.05, 4.69) is 179 Å². The predicted molar refractivity (Wildman–Crippen MR) is 220 cm³/mol. The molecule has 0 saturated carbocycles. The molecular weight excluding hydrogens is 605 g/mol. The molecule has 0 unspecified atom stereocenters. The van der Waals surface area contributed by atoms with Gasteiger partial charge in [-0.05, 0) is 82.9 Å². The van der Waals surface area contributed by atoms with Gasteiger partial charge in [-0.25, -0.2) is 0 Å². The number of benzene rings is 7. The molecule has 9 rings (SSSR count). The van der Waals surface area contributed by atoms with Crippen molar-refractivity contribution in [2.24, 2.45) is 0 Å². The molecule has 0 aliphatic carbocycles. The number of fused-ring (bicyclic) bond motifs is 6. The van der Waals surface area contributed by atoms with Crippen molar-refractivity contribution in [3.8, 4) is 33.6 Å². The Morgan fingerprint density at radius 2 is 0.640 bits per heavy atom.